The summed E-state index contributed by atoms with van der Waals surface area (Å²) in [6.07, 6.45) is 2.22. The second kappa shape index (κ2) is 3.85. The summed E-state index contributed by atoms with van der Waals surface area (Å²) < 4.78 is 5.17. The second-order valence-electron chi connectivity index (χ2n) is 2.29. The average molecular weight is 127 g/mol. The molecular weight excluding hydrogens is 114 g/mol. The third kappa shape index (κ3) is 2.33. The fourth-order valence-electron chi connectivity index (χ4n) is 1.07. The van der Waals surface area contributed by atoms with Crippen LogP contribution in [0, 0.1) is 6.92 Å². The largest absolute Gasteiger partial charge is 0.381 e. The van der Waals surface area contributed by atoms with Crippen LogP contribution in [-0.2, 0) is 4.74 Å². The molecule has 0 spiro atoms. The van der Waals surface area contributed by atoms with Gasteiger partial charge < -0.3 is 10.1 Å². The number of hydrogen-bond donors (Lipinski definition) is 1. The molecule has 2 radical (unpaired) electrons. The van der Waals surface area contributed by atoms with E-state index in [0.717, 1.165) is 26.1 Å². The van der Waals surface area contributed by atoms with Gasteiger partial charge in [0.25, 0.3) is 0 Å². The maximum Gasteiger partial charge on any atom is 0.0480 e. The van der Waals surface area contributed by atoms with Gasteiger partial charge in [0.05, 0.1) is 0 Å². The van der Waals surface area contributed by atoms with Gasteiger partial charge in [0.1, 0.15) is 0 Å². The Kier molecular flexibility index (Phi) is 3.01. The van der Waals surface area contributed by atoms with Gasteiger partial charge >= 0.3 is 0 Å². The fourth-order valence-corrected chi connectivity index (χ4v) is 1.07. The van der Waals surface area contributed by atoms with Gasteiger partial charge in [-0.2, -0.15) is 0 Å². The quantitative estimate of drug-likeness (QED) is 0.582. The summed E-state index contributed by atoms with van der Waals surface area (Å²) in [7, 11) is 0. The Hall–Kier alpha value is -0.0800. The molecule has 2 nitrogen and oxygen atoms in total. The van der Waals surface area contributed by atoms with Crippen molar-refractivity contribution in [2.75, 3.05) is 19.8 Å². The molecule has 9 heavy (non-hydrogen) atoms. The maximum absolute atomic E-state index is 5.31. The number of ether oxygens (including phenoxy) is 1. The summed E-state index contributed by atoms with van der Waals surface area (Å²) in [5, 5.41) is 3.18. The predicted octanol–water partition coefficient (Wildman–Crippen LogP) is 0.466. The van der Waals surface area contributed by atoms with Crippen molar-refractivity contribution in [2.45, 2.75) is 18.9 Å². The van der Waals surface area contributed by atoms with Gasteiger partial charge in [0, 0.05) is 19.3 Å². The van der Waals surface area contributed by atoms with Gasteiger partial charge in [-0.1, -0.05) is 0 Å². The molecule has 0 atom stereocenters. The van der Waals surface area contributed by atoms with Gasteiger partial charge in [-0.3, -0.25) is 0 Å². The highest BCUT2D eigenvalue weighted by Gasteiger charge is 2.10. The molecule has 52 valence electrons. The molecule has 1 rings (SSSR count). The molecule has 1 aliphatic heterocycles. The molecule has 1 aliphatic rings. The Morgan fingerprint density at radius 3 is 2.67 bits per heavy atom. The zero-order valence-electron chi connectivity index (χ0n) is 5.60. The SMILES string of the molecule is [CH]CNC1CCOCC1. The molecule has 0 aromatic rings. The van der Waals surface area contributed by atoms with Crippen molar-refractivity contribution in [3.8, 4) is 0 Å². The molecule has 0 aliphatic carbocycles. The van der Waals surface area contributed by atoms with Crippen molar-refractivity contribution in [1.29, 1.82) is 0 Å². The Labute approximate surface area is 56.6 Å². The van der Waals surface area contributed by atoms with Crippen LogP contribution in [0.25, 0.3) is 0 Å². The minimum atomic E-state index is 0.588. The Morgan fingerprint density at radius 2 is 2.11 bits per heavy atom. The minimum absolute atomic E-state index is 0.588. The van der Waals surface area contributed by atoms with E-state index >= 15 is 0 Å². The van der Waals surface area contributed by atoms with Gasteiger partial charge in [-0.05, 0) is 26.3 Å². The lowest BCUT2D eigenvalue weighted by atomic mass is 10.1. The van der Waals surface area contributed by atoms with E-state index in [2.05, 4.69) is 5.32 Å². The van der Waals surface area contributed by atoms with Crippen molar-refractivity contribution in [2.24, 2.45) is 0 Å². The number of hydrogen-bond acceptors (Lipinski definition) is 2. The summed E-state index contributed by atoms with van der Waals surface area (Å²) in [6, 6.07) is 0.601. The Bertz CT molecular complexity index is 66.6. The standard InChI is InChI=1S/C7H13NO/c1-2-8-7-3-5-9-6-4-7/h1,7-8H,2-6H2. The summed E-state index contributed by atoms with van der Waals surface area (Å²) in [5.41, 5.74) is 0. The number of nitrogens with one attached hydrogen (secondary N) is 1. The zero-order chi connectivity index (χ0) is 6.53. The normalized spacial score (nSPS) is 22.3. The summed E-state index contributed by atoms with van der Waals surface area (Å²) in [5.74, 6) is 0. The second-order valence-corrected chi connectivity index (χ2v) is 2.29. The van der Waals surface area contributed by atoms with Crippen LogP contribution >= 0.6 is 0 Å². The average Bonchev–Trinajstić information content (AvgIpc) is 1.91. The van der Waals surface area contributed by atoms with E-state index < -0.39 is 0 Å². The molecule has 1 heterocycles. The topological polar surface area (TPSA) is 21.3 Å². The predicted molar refractivity (Wildman–Crippen MR) is 36.1 cm³/mol. The molecule has 1 fully saturated rings. The third-order valence-electron chi connectivity index (χ3n) is 1.63. The van der Waals surface area contributed by atoms with Crippen LogP contribution in [0.2, 0.25) is 0 Å². The third-order valence-corrected chi connectivity index (χ3v) is 1.63. The van der Waals surface area contributed by atoms with Crippen LogP contribution < -0.4 is 5.32 Å². The van der Waals surface area contributed by atoms with Crippen LogP contribution in [0.1, 0.15) is 12.8 Å². The van der Waals surface area contributed by atoms with E-state index in [9.17, 15) is 0 Å². The number of rotatable bonds is 2. The van der Waals surface area contributed by atoms with Crippen LogP contribution in [0.15, 0.2) is 0 Å². The van der Waals surface area contributed by atoms with Crippen LogP contribution in [0.5, 0.6) is 0 Å². The van der Waals surface area contributed by atoms with Gasteiger partial charge in [-0.25, -0.2) is 0 Å². The first-order valence-corrected chi connectivity index (χ1v) is 3.44. The first-order valence-electron chi connectivity index (χ1n) is 3.44. The molecule has 2 heteroatoms. The highest BCUT2D eigenvalue weighted by atomic mass is 16.5. The van der Waals surface area contributed by atoms with Gasteiger partial charge in [0.2, 0.25) is 0 Å². The van der Waals surface area contributed by atoms with Crippen LogP contribution in [0.3, 0.4) is 0 Å². The van der Waals surface area contributed by atoms with E-state index in [4.69, 9.17) is 11.7 Å². The van der Waals surface area contributed by atoms with E-state index in [0.29, 0.717) is 12.6 Å². The van der Waals surface area contributed by atoms with E-state index in [1.54, 1.807) is 0 Å². The molecule has 0 saturated carbocycles. The van der Waals surface area contributed by atoms with E-state index in [1.165, 1.54) is 0 Å². The monoisotopic (exact) mass is 127 g/mol. The molecule has 1 N–H and O–H groups in total. The van der Waals surface area contributed by atoms with Gasteiger partial charge in [-0.15, -0.1) is 0 Å². The van der Waals surface area contributed by atoms with Crippen molar-refractivity contribution >= 4 is 0 Å². The molecular formula is C7H13NO. The van der Waals surface area contributed by atoms with E-state index in [-0.39, 0.29) is 0 Å². The van der Waals surface area contributed by atoms with Crippen molar-refractivity contribution in [3.63, 3.8) is 0 Å². The molecule has 0 aromatic heterocycles. The molecule has 1 saturated heterocycles. The Morgan fingerprint density at radius 1 is 1.44 bits per heavy atom. The lowest BCUT2D eigenvalue weighted by Crippen LogP contribution is -2.34. The highest BCUT2D eigenvalue weighted by molar-refractivity contribution is 4.69. The lowest BCUT2D eigenvalue weighted by Gasteiger charge is -2.22. The Balaban J connectivity index is 2.08. The smallest absolute Gasteiger partial charge is 0.0480 e. The highest BCUT2D eigenvalue weighted by Crippen LogP contribution is 2.04. The van der Waals surface area contributed by atoms with Crippen molar-refractivity contribution < 1.29 is 4.74 Å². The summed E-state index contributed by atoms with van der Waals surface area (Å²) >= 11 is 0. The fraction of sp³-hybridized carbons (Fsp3) is 0.857. The lowest BCUT2D eigenvalue weighted by molar-refractivity contribution is 0.0789. The zero-order valence-corrected chi connectivity index (χ0v) is 5.60. The van der Waals surface area contributed by atoms with E-state index in [1.807, 2.05) is 0 Å². The maximum atomic E-state index is 5.31. The van der Waals surface area contributed by atoms with Gasteiger partial charge in [0.15, 0.2) is 0 Å². The minimum Gasteiger partial charge on any atom is -0.381 e. The molecule has 0 amide bonds. The summed E-state index contributed by atoms with van der Waals surface area (Å²) in [4.78, 5) is 0. The summed E-state index contributed by atoms with van der Waals surface area (Å²) in [6.45, 7) is 7.67. The van der Waals surface area contributed by atoms with Crippen LogP contribution in [-0.4, -0.2) is 25.8 Å². The molecule has 0 aromatic carbocycles. The van der Waals surface area contributed by atoms with Crippen LogP contribution in [0.4, 0.5) is 0 Å². The molecule has 0 bridgehead atoms. The first-order chi connectivity index (χ1) is 4.43. The van der Waals surface area contributed by atoms with Crippen molar-refractivity contribution in [3.05, 3.63) is 6.92 Å². The first kappa shape index (κ1) is 7.03. The molecule has 0 unspecified atom stereocenters. The van der Waals surface area contributed by atoms with Crippen molar-refractivity contribution in [1.82, 2.24) is 5.32 Å².